The highest BCUT2D eigenvalue weighted by Gasteiger charge is 2.48. The Bertz CT molecular complexity index is 1040. The van der Waals surface area contributed by atoms with Crippen LogP contribution >= 0.6 is 11.6 Å². The maximum absolute atomic E-state index is 13.7. The number of rotatable bonds is 4. The fraction of sp³-hybridized carbons (Fsp3) is 0.556. The summed E-state index contributed by atoms with van der Waals surface area (Å²) in [7, 11) is 3.11. The van der Waals surface area contributed by atoms with Crippen molar-refractivity contribution < 1.29 is 19.1 Å². The second-order valence-corrected chi connectivity index (χ2v) is 11.4. The van der Waals surface area contributed by atoms with Crippen LogP contribution in [0.1, 0.15) is 71.8 Å². The van der Waals surface area contributed by atoms with E-state index in [2.05, 4.69) is 39.5 Å². The van der Waals surface area contributed by atoms with Gasteiger partial charge in [-0.1, -0.05) is 39.3 Å². The van der Waals surface area contributed by atoms with Gasteiger partial charge in [0.2, 0.25) is 0 Å². The van der Waals surface area contributed by atoms with Crippen LogP contribution in [0.3, 0.4) is 0 Å². The van der Waals surface area contributed by atoms with Crippen LogP contribution in [0, 0.1) is 10.8 Å². The van der Waals surface area contributed by atoms with Crippen molar-refractivity contribution in [3.8, 4) is 11.5 Å². The van der Waals surface area contributed by atoms with E-state index in [0.29, 0.717) is 29.4 Å². The van der Waals surface area contributed by atoms with E-state index in [1.165, 1.54) is 0 Å². The molecule has 0 aromatic heterocycles. The summed E-state index contributed by atoms with van der Waals surface area (Å²) in [4.78, 5) is 29.6. The monoisotopic (exact) mass is 471 g/mol. The summed E-state index contributed by atoms with van der Waals surface area (Å²) in [6, 6.07) is 3.69. The van der Waals surface area contributed by atoms with E-state index in [-0.39, 0.29) is 22.4 Å². The first-order valence-electron chi connectivity index (χ1n) is 11.6. The number of benzene rings is 1. The van der Waals surface area contributed by atoms with Gasteiger partial charge >= 0.3 is 0 Å². The van der Waals surface area contributed by atoms with E-state index in [4.69, 9.17) is 21.1 Å². The smallest absolute Gasteiger partial charge is 0.179 e. The molecular weight excluding hydrogens is 438 g/mol. The summed E-state index contributed by atoms with van der Waals surface area (Å²) < 4.78 is 11.0. The highest BCUT2D eigenvalue weighted by Crippen LogP contribution is 2.55. The van der Waals surface area contributed by atoms with Gasteiger partial charge in [-0.2, -0.15) is 0 Å². The van der Waals surface area contributed by atoms with Crippen LogP contribution in [-0.2, 0) is 9.59 Å². The van der Waals surface area contributed by atoms with Crippen molar-refractivity contribution in [1.29, 1.82) is 0 Å². The number of hydrogen-bond acceptors (Lipinski definition) is 5. The molecule has 178 valence electrons. The van der Waals surface area contributed by atoms with E-state index in [9.17, 15) is 9.59 Å². The summed E-state index contributed by atoms with van der Waals surface area (Å²) in [6.45, 7) is 11.4. The maximum Gasteiger partial charge on any atom is 0.179 e. The second kappa shape index (κ2) is 8.19. The molecule has 1 aromatic rings. The molecule has 3 aliphatic rings. The predicted octanol–water partition coefficient (Wildman–Crippen LogP) is 6.06. The molecule has 0 atom stereocenters. The molecule has 0 unspecified atom stereocenters. The molecule has 5 nitrogen and oxygen atoms in total. The lowest BCUT2D eigenvalue weighted by Crippen LogP contribution is -2.44. The van der Waals surface area contributed by atoms with E-state index in [1.54, 1.807) is 14.2 Å². The number of Topliss-reactive ketones (excluding diaryl/α,β-unsaturated/α-hetero) is 2. The van der Waals surface area contributed by atoms with Crippen molar-refractivity contribution in [3.63, 3.8) is 0 Å². The zero-order valence-electron chi connectivity index (χ0n) is 20.7. The molecule has 2 aliphatic carbocycles. The second-order valence-electron chi connectivity index (χ2n) is 11.0. The van der Waals surface area contributed by atoms with Crippen molar-refractivity contribution in [2.75, 3.05) is 20.8 Å². The van der Waals surface area contributed by atoms with Crippen molar-refractivity contribution in [2.45, 2.75) is 66.2 Å². The SMILES string of the molecule is CCN1C2=C(C(=O)CC(C)(C)C2)C(c2cc(Cl)c(OC)c(OC)c2)C2=C1CC(C)(C)CC2=O. The molecule has 1 heterocycles. The van der Waals surface area contributed by atoms with Gasteiger partial charge in [0.25, 0.3) is 0 Å². The van der Waals surface area contributed by atoms with E-state index < -0.39 is 5.92 Å². The molecule has 1 aliphatic heterocycles. The van der Waals surface area contributed by atoms with Crippen molar-refractivity contribution >= 4 is 23.2 Å². The minimum Gasteiger partial charge on any atom is -0.493 e. The Labute approximate surface area is 201 Å². The molecule has 0 radical (unpaired) electrons. The number of ether oxygens (including phenoxy) is 2. The van der Waals surface area contributed by atoms with Crippen LogP contribution in [0.25, 0.3) is 0 Å². The Morgan fingerprint density at radius 3 is 1.85 bits per heavy atom. The summed E-state index contributed by atoms with van der Waals surface area (Å²) in [5.41, 5.74) is 4.13. The minimum absolute atomic E-state index is 0.111. The summed E-state index contributed by atoms with van der Waals surface area (Å²) >= 11 is 6.58. The van der Waals surface area contributed by atoms with Crippen molar-refractivity contribution in [2.24, 2.45) is 10.8 Å². The minimum atomic E-state index is -0.442. The molecule has 0 amide bonds. The third-order valence-electron chi connectivity index (χ3n) is 7.13. The Morgan fingerprint density at radius 2 is 1.42 bits per heavy atom. The average Bonchev–Trinajstić information content (AvgIpc) is 2.69. The zero-order chi connectivity index (χ0) is 24.3. The summed E-state index contributed by atoms with van der Waals surface area (Å²) in [6.07, 6.45) is 2.52. The van der Waals surface area contributed by atoms with Crippen molar-refractivity contribution in [1.82, 2.24) is 4.90 Å². The van der Waals surface area contributed by atoms with Gasteiger partial charge in [0.15, 0.2) is 23.1 Å². The number of ketones is 2. The van der Waals surface area contributed by atoms with Gasteiger partial charge in [-0.25, -0.2) is 0 Å². The van der Waals surface area contributed by atoms with Crippen LogP contribution in [0.15, 0.2) is 34.7 Å². The number of halogens is 1. The molecule has 1 aromatic carbocycles. The average molecular weight is 472 g/mol. The number of nitrogens with zero attached hydrogens (tertiary/aromatic N) is 1. The number of carbonyl (C=O) groups excluding carboxylic acids is 2. The van der Waals surface area contributed by atoms with Gasteiger partial charge in [-0.3, -0.25) is 9.59 Å². The first kappa shape index (κ1) is 23.9. The van der Waals surface area contributed by atoms with Crippen molar-refractivity contribution in [3.05, 3.63) is 45.3 Å². The zero-order valence-corrected chi connectivity index (χ0v) is 21.5. The van der Waals surface area contributed by atoms with Crippen LogP contribution in [0.4, 0.5) is 0 Å². The highest BCUT2D eigenvalue weighted by atomic mass is 35.5. The Balaban J connectivity index is 2.02. The third-order valence-corrected chi connectivity index (χ3v) is 7.41. The first-order valence-corrected chi connectivity index (χ1v) is 12.0. The lowest BCUT2D eigenvalue weighted by atomic mass is 9.63. The topological polar surface area (TPSA) is 55.8 Å². The Morgan fingerprint density at radius 1 is 0.909 bits per heavy atom. The van der Waals surface area contributed by atoms with Gasteiger partial charge in [0, 0.05) is 47.8 Å². The summed E-state index contributed by atoms with van der Waals surface area (Å²) in [5, 5.41) is 0.404. The first-order chi connectivity index (χ1) is 15.4. The van der Waals surface area contributed by atoms with E-state index in [1.807, 2.05) is 12.1 Å². The van der Waals surface area contributed by atoms with E-state index in [0.717, 1.165) is 47.5 Å². The Kier molecular flexibility index (Phi) is 5.93. The number of allylic oxidation sites excluding steroid dienone is 4. The molecule has 0 saturated carbocycles. The molecule has 4 rings (SSSR count). The molecule has 0 saturated heterocycles. The number of methoxy groups -OCH3 is 2. The molecule has 0 spiro atoms. The third kappa shape index (κ3) is 3.99. The molecule has 33 heavy (non-hydrogen) atoms. The number of hydrogen-bond donors (Lipinski definition) is 0. The van der Waals surface area contributed by atoms with Gasteiger partial charge in [-0.05, 0) is 48.3 Å². The van der Waals surface area contributed by atoms with Crippen LogP contribution < -0.4 is 9.47 Å². The molecular formula is C27H34ClNO4. The van der Waals surface area contributed by atoms with Crippen LogP contribution in [0.2, 0.25) is 5.02 Å². The lowest BCUT2D eigenvalue weighted by Gasteiger charge is -2.49. The number of carbonyl (C=O) groups is 2. The molecule has 0 fully saturated rings. The molecule has 0 bridgehead atoms. The van der Waals surface area contributed by atoms with Gasteiger partial charge in [-0.15, -0.1) is 0 Å². The normalized spacial score (nSPS) is 22.4. The fourth-order valence-electron chi connectivity index (χ4n) is 5.87. The van der Waals surface area contributed by atoms with Gasteiger partial charge in [0.05, 0.1) is 19.2 Å². The quantitative estimate of drug-likeness (QED) is 0.534. The standard InChI is InChI=1S/C27H34ClNO4/c1-8-29-17-11-26(2,3)13-19(30)23(17)22(24-18(29)12-27(4,5)14-20(24)31)15-9-16(28)25(33-7)21(10-15)32-6/h9-10,22H,8,11-14H2,1-7H3. The highest BCUT2D eigenvalue weighted by molar-refractivity contribution is 6.32. The van der Waals surface area contributed by atoms with Gasteiger partial charge < -0.3 is 14.4 Å². The lowest BCUT2D eigenvalue weighted by molar-refractivity contribution is -0.119. The predicted molar refractivity (Wildman–Crippen MR) is 130 cm³/mol. The van der Waals surface area contributed by atoms with Gasteiger partial charge in [0.1, 0.15) is 0 Å². The molecule has 0 N–H and O–H groups in total. The van der Waals surface area contributed by atoms with Crippen LogP contribution in [-0.4, -0.2) is 37.2 Å². The van der Waals surface area contributed by atoms with Crippen LogP contribution in [0.5, 0.6) is 11.5 Å². The Hall–Kier alpha value is -2.27. The molecule has 6 heteroatoms. The summed E-state index contributed by atoms with van der Waals surface area (Å²) in [5.74, 6) is 0.723. The maximum atomic E-state index is 13.7. The van der Waals surface area contributed by atoms with E-state index >= 15 is 0 Å². The fourth-order valence-corrected chi connectivity index (χ4v) is 6.16. The largest absolute Gasteiger partial charge is 0.493 e.